The van der Waals surface area contributed by atoms with Gasteiger partial charge in [0.05, 0.1) is 24.3 Å². The molecular weight excluding hydrogens is 373 g/mol. The molecule has 1 aliphatic rings. The summed E-state index contributed by atoms with van der Waals surface area (Å²) in [6.45, 7) is 0.297. The number of hydrogen-bond acceptors (Lipinski definition) is 3. The average molecular weight is 388 g/mol. The van der Waals surface area contributed by atoms with Crippen LogP contribution in [0.1, 0.15) is 11.6 Å². The van der Waals surface area contributed by atoms with Crippen molar-refractivity contribution in [3.8, 4) is 17.0 Å². The molecular formula is C19H15F3N4O2. The van der Waals surface area contributed by atoms with Crippen molar-refractivity contribution in [3.63, 3.8) is 0 Å². The lowest BCUT2D eigenvalue weighted by molar-refractivity contribution is -0.274. The van der Waals surface area contributed by atoms with Crippen molar-refractivity contribution < 1.29 is 22.7 Å². The van der Waals surface area contributed by atoms with Crippen LogP contribution < -0.4 is 15.4 Å². The minimum absolute atomic E-state index is 0.112. The third-order valence-electron chi connectivity index (χ3n) is 4.38. The van der Waals surface area contributed by atoms with Crippen LogP contribution in [0.3, 0.4) is 0 Å². The number of nitrogens with zero attached hydrogens (tertiary/aromatic N) is 2. The zero-order chi connectivity index (χ0) is 19.7. The van der Waals surface area contributed by atoms with Crippen LogP contribution in [0.4, 0.5) is 23.7 Å². The Balaban J connectivity index is 1.41. The number of benzene rings is 2. The first-order valence-corrected chi connectivity index (χ1v) is 8.42. The Bertz CT molecular complexity index is 1020. The van der Waals surface area contributed by atoms with Gasteiger partial charge in [-0.2, -0.15) is 0 Å². The van der Waals surface area contributed by atoms with Gasteiger partial charge < -0.3 is 19.9 Å². The fourth-order valence-electron chi connectivity index (χ4n) is 3.28. The molecule has 144 valence electrons. The van der Waals surface area contributed by atoms with Crippen LogP contribution in [0.25, 0.3) is 11.3 Å². The molecule has 2 N–H and O–H groups in total. The smallest absolute Gasteiger partial charge is 0.406 e. The third-order valence-corrected chi connectivity index (χ3v) is 4.38. The van der Waals surface area contributed by atoms with Gasteiger partial charge in [0.15, 0.2) is 0 Å². The van der Waals surface area contributed by atoms with E-state index in [2.05, 4.69) is 20.4 Å². The predicted molar refractivity (Wildman–Crippen MR) is 95.9 cm³/mol. The number of nitrogens with one attached hydrogen (secondary N) is 2. The number of carbonyl (C=O) groups excluding carboxylic acids is 1. The molecule has 0 bridgehead atoms. The molecule has 6 nitrogen and oxygen atoms in total. The van der Waals surface area contributed by atoms with Gasteiger partial charge >= 0.3 is 12.4 Å². The Hall–Kier alpha value is -3.49. The summed E-state index contributed by atoms with van der Waals surface area (Å²) < 4.78 is 42.8. The van der Waals surface area contributed by atoms with Gasteiger partial charge in [-0.05, 0) is 17.7 Å². The van der Waals surface area contributed by atoms with Crippen molar-refractivity contribution >= 4 is 11.7 Å². The van der Waals surface area contributed by atoms with Crippen molar-refractivity contribution in [1.29, 1.82) is 0 Å². The van der Waals surface area contributed by atoms with Crippen molar-refractivity contribution in [2.45, 2.75) is 12.4 Å². The second kappa shape index (κ2) is 6.91. The van der Waals surface area contributed by atoms with Crippen LogP contribution >= 0.6 is 0 Å². The summed E-state index contributed by atoms with van der Waals surface area (Å²) in [6, 6.07) is 12.3. The molecule has 0 spiro atoms. The molecule has 1 unspecified atom stereocenters. The molecule has 0 radical (unpaired) electrons. The molecule has 2 heterocycles. The van der Waals surface area contributed by atoms with E-state index in [1.807, 2.05) is 28.8 Å². The van der Waals surface area contributed by atoms with Gasteiger partial charge in [-0.15, -0.1) is 13.2 Å². The second-order valence-corrected chi connectivity index (χ2v) is 6.20. The lowest BCUT2D eigenvalue weighted by Crippen LogP contribution is -2.33. The maximum Gasteiger partial charge on any atom is 0.573 e. The minimum atomic E-state index is -4.79. The van der Waals surface area contributed by atoms with Crippen LogP contribution in [-0.4, -0.2) is 28.5 Å². The Labute approximate surface area is 158 Å². The van der Waals surface area contributed by atoms with E-state index in [1.54, 1.807) is 12.5 Å². The van der Waals surface area contributed by atoms with E-state index in [1.165, 1.54) is 12.1 Å². The first-order valence-electron chi connectivity index (χ1n) is 8.42. The zero-order valence-corrected chi connectivity index (χ0v) is 14.4. The first kappa shape index (κ1) is 17.9. The van der Waals surface area contributed by atoms with Gasteiger partial charge in [0.1, 0.15) is 5.75 Å². The largest absolute Gasteiger partial charge is 0.573 e. The molecule has 1 aromatic heterocycles. The second-order valence-electron chi connectivity index (χ2n) is 6.20. The monoisotopic (exact) mass is 388 g/mol. The molecule has 0 fully saturated rings. The molecule has 0 aliphatic carbocycles. The first-order chi connectivity index (χ1) is 13.4. The Morgan fingerprint density at radius 3 is 2.82 bits per heavy atom. The SMILES string of the molecule is O=C(NCC1c2ccccc2-c2cncn21)Nc1cccc(OC(F)(F)F)c1. The molecule has 9 heteroatoms. The lowest BCUT2D eigenvalue weighted by Gasteiger charge is -2.16. The van der Waals surface area contributed by atoms with E-state index in [-0.39, 0.29) is 11.7 Å². The van der Waals surface area contributed by atoms with Crippen LogP contribution in [0.15, 0.2) is 61.1 Å². The highest BCUT2D eigenvalue weighted by Crippen LogP contribution is 2.38. The van der Waals surface area contributed by atoms with Gasteiger partial charge in [-0.25, -0.2) is 9.78 Å². The quantitative estimate of drug-likeness (QED) is 0.705. The predicted octanol–water partition coefficient (Wildman–Crippen LogP) is 4.17. The van der Waals surface area contributed by atoms with Crippen LogP contribution in [0.2, 0.25) is 0 Å². The van der Waals surface area contributed by atoms with Crippen molar-refractivity contribution in [2.75, 3.05) is 11.9 Å². The van der Waals surface area contributed by atoms with Gasteiger partial charge in [0, 0.05) is 23.9 Å². The number of aromatic nitrogens is 2. The average Bonchev–Trinajstić information content (AvgIpc) is 3.20. The summed E-state index contributed by atoms with van der Waals surface area (Å²) >= 11 is 0. The molecule has 1 aliphatic heterocycles. The van der Waals surface area contributed by atoms with Crippen molar-refractivity contribution in [1.82, 2.24) is 14.9 Å². The van der Waals surface area contributed by atoms with Gasteiger partial charge in [-0.1, -0.05) is 30.3 Å². The Morgan fingerprint density at radius 2 is 2.00 bits per heavy atom. The van der Waals surface area contributed by atoms with Gasteiger partial charge in [-0.3, -0.25) is 0 Å². The van der Waals surface area contributed by atoms with E-state index in [0.717, 1.165) is 29.0 Å². The molecule has 0 saturated carbocycles. The van der Waals surface area contributed by atoms with Gasteiger partial charge in [0.2, 0.25) is 0 Å². The fourth-order valence-corrected chi connectivity index (χ4v) is 3.28. The summed E-state index contributed by atoms with van der Waals surface area (Å²) in [4.78, 5) is 16.4. The van der Waals surface area contributed by atoms with E-state index in [9.17, 15) is 18.0 Å². The molecule has 1 atom stereocenters. The molecule has 3 aromatic rings. The number of alkyl halides is 3. The summed E-state index contributed by atoms with van der Waals surface area (Å²) in [5.41, 5.74) is 3.29. The number of amides is 2. The van der Waals surface area contributed by atoms with Crippen LogP contribution in [-0.2, 0) is 0 Å². The highest BCUT2D eigenvalue weighted by atomic mass is 19.4. The molecule has 0 saturated heterocycles. The van der Waals surface area contributed by atoms with Crippen LogP contribution in [0.5, 0.6) is 5.75 Å². The Morgan fingerprint density at radius 1 is 1.18 bits per heavy atom. The topological polar surface area (TPSA) is 68.2 Å². The highest BCUT2D eigenvalue weighted by Gasteiger charge is 2.31. The van der Waals surface area contributed by atoms with Gasteiger partial charge in [0.25, 0.3) is 0 Å². The van der Waals surface area contributed by atoms with E-state index >= 15 is 0 Å². The number of halogens is 3. The number of urea groups is 1. The normalized spacial score (nSPS) is 14.9. The number of fused-ring (bicyclic) bond motifs is 3. The number of rotatable bonds is 4. The summed E-state index contributed by atoms with van der Waals surface area (Å²) in [5, 5.41) is 5.26. The number of imidazole rings is 1. The molecule has 2 amide bonds. The standard InChI is InChI=1S/C19H15F3N4O2/c20-19(21,22)28-13-5-3-4-12(8-13)25-18(27)24-10-17-15-7-2-1-6-14(15)16-9-23-11-26(16)17/h1-9,11,17H,10H2,(H2,24,25,27). The third kappa shape index (κ3) is 3.64. The minimum Gasteiger partial charge on any atom is -0.406 e. The molecule has 28 heavy (non-hydrogen) atoms. The number of carbonyl (C=O) groups is 1. The maximum atomic E-state index is 12.3. The van der Waals surface area contributed by atoms with Crippen molar-refractivity contribution in [2.24, 2.45) is 0 Å². The Kier molecular flexibility index (Phi) is 4.42. The fraction of sp³-hybridized carbons (Fsp3) is 0.158. The summed E-state index contributed by atoms with van der Waals surface area (Å²) in [6.07, 6.45) is -1.32. The number of ether oxygens (including phenoxy) is 1. The van der Waals surface area contributed by atoms with Crippen molar-refractivity contribution in [3.05, 3.63) is 66.6 Å². The lowest BCUT2D eigenvalue weighted by atomic mass is 10.0. The van der Waals surface area contributed by atoms with E-state index < -0.39 is 18.1 Å². The maximum absolute atomic E-state index is 12.3. The molecule has 2 aromatic carbocycles. The highest BCUT2D eigenvalue weighted by molar-refractivity contribution is 5.89. The molecule has 4 rings (SSSR count). The van der Waals surface area contributed by atoms with E-state index in [4.69, 9.17) is 0 Å². The van der Waals surface area contributed by atoms with E-state index in [0.29, 0.717) is 6.54 Å². The summed E-state index contributed by atoms with van der Waals surface area (Å²) in [5.74, 6) is -0.405. The summed E-state index contributed by atoms with van der Waals surface area (Å²) in [7, 11) is 0. The number of hydrogen-bond donors (Lipinski definition) is 2. The number of anilines is 1. The van der Waals surface area contributed by atoms with Crippen LogP contribution in [0, 0.1) is 0 Å². The zero-order valence-electron chi connectivity index (χ0n) is 14.4.